The standard InChI is InChI=1S/C29H41N7O2/c1-5-8-20-17-22-25(32-19-9-11-21(12-10-19)36(28(37)38)29(2,3)4)23(18-31-26(22)33-20)24-13-14-30-27(34-24)35-15-6-7-16-35/h13-14,17-19,21H,5-12,15-16H2,1-4H3,(H,37,38)(H2,31,32,33)/t19-,21-. The normalized spacial score (nSPS) is 20.2. The molecule has 1 aliphatic carbocycles. The predicted octanol–water partition coefficient (Wildman–Crippen LogP) is 6.07. The molecular formula is C29H41N7O2. The summed E-state index contributed by atoms with van der Waals surface area (Å²) in [7, 11) is 0. The predicted molar refractivity (Wildman–Crippen MR) is 152 cm³/mol. The third kappa shape index (κ3) is 5.42. The SMILES string of the molecule is CCCc1cc2c(N[C@H]3CC[C@H](N(C(=O)O)C(C)(C)C)CC3)c(-c3ccnc(N4CCCC4)n3)cnc2[nH]1. The Labute approximate surface area is 225 Å². The maximum absolute atomic E-state index is 12.0. The second-order valence-electron chi connectivity index (χ2n) is 11.8. The van der Waals surface area contributed by atoms with Crippen molar-refractivity contribution in [2.75, 3.05) is 23.3 Å². The van der Waals surface area contributed by atoms with E-state index >= 15 is 0 Å². The third-order valence-electron chi connectivity index (χ3n) is 7.88. The van der Waals surface area contributed by atoms with Crippen LogP contribution in [-0.4, -0.2) is 66.7 Å². The number of anilines is 2. The smallest absolute Gasteiger partial charge is 0.407 e. The van der Waals surface area contributed by atoms with Gasteiger partial charge in [0.2, 0.25) is 5.95 Å². The highest BCUT2D eigenvalue weighted by atomic mass is 16.4. The lowest BCUT2D eigenvalue weighted by Crippen LogP contribution is -2.52. The summed E-state index contributed by atoms with van der Waals surface area (Å²) >= 11 is 0. The zero-order chi connectivity index (χ0) is 26.9. The Hall–Kier alpha value is -3.36. The Bertz CT molecular complexity index is 1270. The fraction of sp³-hybridized carbons (Fsp3) is 0.586. The van der Waals surface area contributed by atoms with E-state index in [1.54, 1.807) is 4.90 Å². The highest BCUT2D eigenvalue weighted by molar-refractivity contribution is 5.98. The van der Waals surface area contributed by atoms with Crippen LogP contribution in [0.1, 0.15) is 78.3 Å². The second kappa shape index (κ2) is 10.8. The summed E-state index contributed by atoms with van der Waals surface area (Å²) in [6.07, 6.45) is 10.8. The maximum atomic E-state index is 12.0. The molecule has 3 aromatic heterocycles. The summed E-state index contributed by atoms with van der Waals surface area (Å²) in [5, 5.41) is 14.8. The number of aryl methyl sites for hydroxylation is 1. The van der Waals surface area contributed by atoms with Crippen molar-refractivity contribution in [1.29, 1.82) is 0 Å². The van der Waals surface area contributed by atoms with Crippen molar-refractivity contribution in [3.63, 3.8) is 0 Å². The van der Waals surface area contributed by atoms with Crippen LogP contribution in [0.5, 0.6) is 0 Å². The number of pyridine rings is 1. The minimum absolute atomic E-state index is 0.0378. The van der Waals surface area contributed by atoms with Crippen LogP contribution in [0.4, 0.5) is 16.4 Å². The van der Waals surface area contributed by atoms with E-state index in [0.29, 0.717) is 0 Å². The zero-order valence-corrected chi connectivity index (χ0v) is 23.1. The molecule has 38 heavy (non-hydrogen) atoms. The van der Waals surface area contributed by atoms with E-state index in [-0.39, 0.29) is 12.1 Å². The summed E-state index contributed by atoms with van der Waals surface area (Å²) < 4.78 is 0. The first kappa shape index (κ1) is 26.3. The van der Waals surface area contributed by atoms with Crippen LogP contribution >= 0.6 is 0 Å². The Kier molecular flexibility index (Phi) is 7.45. The number of aromatic nitrogens is 4. The molecule has 1 saturated carbocycles. The highest BCUT2D eigenvalue weighted by Gasteiger charge is 2.36. The maximum Gasteiger partial charge on any atom is 0.407 e. The molecule has 2 fully saturated rings. The van der Waals surface area contributed by atoms with Gasteiger partial charge in [-0.2, -0.15) is 0 Å². The molecule has 3 N–H and O–H groups in total. The molecule has 9 heteroatoms. The molecule has 3 aromatic rings. The molecule has 4 heterocycles. The molecule has 9 nitrogen and oxygen atoms in total. The lowest BCUT2D eigenvalue weighted by Gasteiger charge is -2.43. The first-order valence-electron chi connectivity index (χ1n) is 14.1. The number of hydrogen-bond donors (Lipinski definition) is 3. The van der Waals surface area contributed by atoms with Crippen LogP contribution in [0.15, 0.2) is 24.5 Å². The summed E-state index contributed by atoms with van der Waals surface area (Å²) in [6, 6.07) is 4.47. The van der Waals surface area contributed by atoms with Crippen molar-refractivity contribution < 1.29 is 9.90 Å². The van der Waals surface area contributed by atoms with Gasteiger partial charge in [-0.3, -0.25) is 0 Å². The number of fused-ring (bicyclic) bond motifs is 1. The first-order valence-corrected chi connectivity index (χ1v) is 14.1. The number of nitrogens with one attached hydrogen (secondary N) is 2. The minimum Gasteiger partial charge on any atom is -0.465 e. The fourth-order valence-corrected chi connectivity index (χ4v) is 6.12. The Balaban J connectivity index is 1.45. The molecule has 0 spiro atoms. The van der Waals surface area contributed by atoms with Gasteiger partial charge in [0.25, 0.3) is 0 Å². The number of nitrogens with zero attached hydrogens (tertiary/aromatic N) is 5. The van der Waals surface area contributed by atoms with Gasteiger partial charge in [0.05, 0.1) is 11.4 Å². The second-order valence-corrected chi connectivity index (χ2v) is 11.8. The molecule has 204 valence electrons. The number of H-pyrrole nitrogens is 1. The van der Waals surface area contributed by atoms with Crippen molar-refractivity contribution in [3.05, 3.63) is 30.2 Å². The van der Waals surface area contributed by atoms with Crippen LogP contribution in [0, 0.1) is 0 Å². The summed E-state index contributed by atoms with van der Waals surface area (Å²) in [4.78, 5) is 33.7. The van der Waals surface area contributed by atoms with Gasteiger partial charge in [-0.25, -0.2) is 19.7 Å². The number of rotatable bonds is 7. The van der Waals surface area contributed by atoms with Crippen molar-refractivity contribution in [2.45, 2.75) is 96.7 Å². The number of amides is 1. The Morgan fingerprint density at radius 2 is 1.92 bits per heavy atom. The quantitative estimate of drug-likeness (QED) is 0.347. The number of hydrogen-bond acceptors (Lipinski definition) is 6. The molecule has 0 bridgehead atoms. The van der Waals surface area contributed by atoms with Crippen molar-refractivity contribution in [3.8, 4) is 11.3 Å². The highest BCUT2D eigenvalue weighted by Crippen LogP contribution is 2.37. The molecule has 1 saturated heterocycles. The number of carboxylic acid groups (broad SMARTS) is 1. The van der Waals surface area contributed by atoms with E-state index in [0.717, 1.165) is 85.5 Å². The van der Waals surface area contributed by atoms with Crippen molar-refractivity contribution >= 4 is 28.8 Å². The van der Waals surface area contributed by atoms with Gasteiger partial charge >= 0.3 is 6.09 Å². The molecule has 2 aliphatic rings. The van der Waals surface area contributed by atoms with Gasteiger partial charge in [-0.1, -0.05) is 13.3 Å². The lowest BCUT2D eigenvalue weighted by atomic mass is 9.87. The van der Waals surface area contributed by atoms with Crippen LogP contribution in [0.3, 0.4) is 0 Å². The molecule has 0 unspecified atom stereocenters. The molecular weight excluding hydrogens is 478 g/mol. The van der Waals surface area contributed by atoms with E-state index in [1.165, 1.54) is 18.5 Å². The largest absolute Gasteiger partial charge is 0.465 e. The lowest BCUT2D eigenvalue weighted by molar-refractivity contribution is 0.0557. The van der Waals surface area contributed by atoms with Gasteiger partial charge in [0, 0.05) is 59.7 Å². The summed E-state index contributed by atoms with van der Waals surface area (Å²) in [5.74, 6) is 0.781. The van der Waals surface area contributed by atoms with E-state index in [4.69, 9.17) is 9.97 Å². The molecule has 1 amide bonds. The molecule has 5 rings (SSSR count). The molecule has 0 atom stereocenters. The molecule has 0 aromatic carbocycles. The average molecular weight is 520 g/mol. The van der Waals surface area contributed by atoms with E-state index < -0.39 is 11.6 Å². The van der Waals surface area contributed by atoms with Crippen molar-refractivity contribution in [2.24, 2.45) is 0 Å². The van der Waals surface area contributed by atoms with E-state index in [2.05, 4.69) is 33.2 Å². The monoisotopic (exact) mass is 519 g/mol. The first-order chi connectivity index (χ1) is 18.2. The Morgan fingerprint density at radius 3 is 2.58 bits per heavy atom. The van der Waals surface area contributed by atoms with Crippen LogP contribution < -0.4 is 10.2 Å². The molecule has 0 radical (unpaired) electrons. The van der Waals surface area contributed by atoms with Gasteiger partial charge in [0.1, 0.15) is 5.65 Å². The van der Waals surface area contributed by atoms with Gasteiger partial charge in [-0.15, -0.1) is 0 Å². The zero-order valence-electron chi connectivity index (χ0n) is 23.1. The van der Waals surface area contributed by atoms with Gasteiger partial charge in [0.15, 0.2) is 0 Å². The van der Waals surface area contributed by atoms with E-state index in [9.17, 15) is 9.90 Å². The minimum atomic E-state index is -0.833. The van der Waals surface area contributed by atoms with Crippen LogP contribution in [0.2, 0.25) is 0 Å². The Morgan fingerprint density at radius 1 is 1.18 bits per heavy atom. The number of aromatic amines is 1. The van der Waals surface area contributed by atoms with E-state index in [1.807, 2.05) is 39.2 Å². The summed E-state index contributed by atoms with van der Waals surface area (Å²) in [5.41, 5.74) is 4.55. The fourth-order valence-electron chi connectivity index (χ4n) is 6.12. The summed E-state index contributed by atoms with van der Waals surface area (Å²) in [6.45, 7) is 10.1. The number of carbonyl (C=O) groups is 1. The van der Waals surface area contributed by atoms with Crippen molar-refractivity contribution in [1.82, 2.24) is 24.8 Å². The van der Waals surface area contributed by atoms with Crippen LogP contribution in [0.25, 0.3) is 22.3 Å². The van der Waals surface area contributed by atoms with Gasteiger partial charge in [-0.05, 0) is 77.8 Å². The van der Waals surface area contributed by atoms with Crippen LogP contribution in [-0.2, 0) is 6.42 Å². The van der Waals surface area contributed by atoms with Gasteiger partial charge < -0.3 is 25.2 Å². The average Bonchev–Trinajstić information content (AvgIpc) is 3.55. The molecule has 1 aliphatic heterocycles. The third-order valence-corrected chi connectivity index (χ3v) is 7.88. The topological polar surface area (TPSA) is 110 Å².